The molecular formula is C8H16Y-2. The Bertz CT molecular complexity index is 50.5. The Kier molecular flexibility index (Phi) is 10.2. The molecule has 0 aromatic carbocycles. The van der Waals surface area contributed by atoms with Crippen LogP contribution in [0, 0.1) is 25.2 Å². The van der Waals surface area contributed by atoms with Crippen molar-refractivity contribution in [3.8, 4) is 0 Å². The number of hydrogen-bond acceptors (Lipinski definition) is 0. The van der Waals surface area contributed by atoms with Crippen LogP contribution in [-0.2, 0) is 32.7 Å². The third kappa shape index (κ3) is 7.00. The zero-order valence-electron chi connectivity index (χ0n) is 6.72. The molecule has 0 saturated carbocycles. The largest absolute Gasteiger partial charge is 0.340 e. The number of rotatable bonds is 3. The average Bonchev–Trinajstić information content (AvgIpc) is 1.67. The first-order valence-corrected chi connectivity index (χ1v) is 3.29. The molecule has 0 fully saturated rings. The molecule has 0 nitrogen and oxygen atoms in total. The molecule has 0 heterocycles. The van der Waals surface area contributed by atoms with E-state index in [1.165, 1.54) is 6.42 Å². The Balaban J connectivity index is 0. The fourth-order valence-electron chi connectivity index (χ4n) is 0.604. The van der Waals surface area contributed by atoms with Gasteiger partial charge in [0.05, 0.1) is 0 Å². The summed E-state index contributed by atoms with van der Waals surface area (Å²) in [4.78, 5) is 0. The van der Waals surface area contributed by atoms with Gasteiger partial charge in [-0.05, 0) is 0 Å². The van der Waals surface area contributed by atoms with Crippen LogP contribution in [0.5, 0.6) is 0 Å². The summed E-state index contributed by atoms with van der Waals surface area (Å²) in [5, 5.41) is 0. The molecule has 0 amide bonds. The van der Waals surface area contributed by atoms with Gasteiger partial charge in [-0.15, -0.1) is 0 Å². The van der Waals surface area contributed by atoms with E-state index < -0.39 is 0 Å². The van der Waals surface area contributed by atoms with E-state index in [0.717, 1.165) is 5.92 Å². The van der Waals surface area contributed by atoms with E-state index in [0.29, 0.717) is 5.92 Å². The quantitative estimate of drug-likeness (QED) is 0.616. The van der Waals surface area contributed by atoms with E-state index in [1.807, 2.05) is 0 Å². The molecule has 0 spiro atoms. The molecule has 53 valence electrons. The van der Waals surface area contributed by atoms with Gasteiger partial charge in [0.1, 0.15) is 0 Å². The Morgan fingerprint density at radius 2 is 1.89 bits per heavy atom. The molecule has 1 heteroatoms. The second-order valence-corrected chi connectivity index (χ2v) is 2.60. The summed E-state index contributed by atoms with van der Waals surface area (Å²) in [5.41, 5.74) is 0. The smallest absolute Gasteiger partial charge is 0 e. The van der Waals surface area contributed by atoms with E-state index in [-0.39, 0.29) is 32.7 Å². The first kappa shape index (κ1) is 12.8. The standard InChI is InChI=1S/C8H16.Y/c1-5-6-8(4)7(2)3;/h5,7-8H,2,6H2,1,3-4H3;/q-2;. The molecule has 2 unspecified atom stereocenters. The normalized spacial score (nSPS) is 16.0. The van der Waals surface area contributed by atoms with Crippen molar-refractivity contribution in [3.05, 3.63) is 13.3 Å². The third-order valence-corrected chi connectivity index (χ3v) is 1.58. The van der Waals surface area contributed by atoms with Crippen LogP contribution in [-0.4, -0.2) is 0 Å². The maximum atomic E-state index is 3.94. The maximum absolute atomic E-state index is 3.94. The fourth-order valence-corrected chi connectivity index (χ4v) is 0.604. The minimum atomic E-state index is 0. The molecule has 0 saturated heterocycles. The van der Waals surface area contributed by atoms with Gasteiger partial charge in [-0.1, -0.05) is 19.8 Å². The van der Waals surface area contributed by atoms with E-state index in [2.05, 4.69) is 34.1 Å². The first-order chi connectivity index (χ1) is 3.68. The van der Waals surface area contributed by atoms with Gasteiger partial charge in [0.25, 0.3) is 0 Å². The molecule has 0 aliphatic carbocycles. The maximum Gasteiger partial charge on any atom is 0 e. The van der Waals surface area contributed by atoms with Crippen LogP contribution in [0.15, 0.2) is 0 Å². The van der Waals surface area contributed by atoms with Gasteiger partial charge in [-0.3, -0.25) is 0 Å². The molecule has 2 atom stereocenters. The zero-order chi connectivity index (χ0) is 6.57. The van der Waals surface area contributed by atoms with Crippen LogP contribution in [0.2, 0.25) is 0 Å². The molecule has 0 rings (SSSR count). The van der Waals surface area contributed by atoms with Gasteiger partial charge < -0.3 is 13.3 Å². The predicted molar refractivity (Wildman–Crippen MR) is 38.3 cm³/mol. The van der Waals surface area contributed by atoms with Gasteiger partial charge in [-0.25, -0.2) is 0 Å². The van der Waals surface area contributed by atoms with E-state index in [9.17, 15) is 0 Å². The van der Waals surface area contributed by atoms with Gasteiger partial charge in [-0.2, -0.15) is 19.3 Å². The van der Waals surface area contributed by atoms with E-state index in [4.69, 9.17) is 0 Å². The van der Waals surface area contributed by atoms with Gasteiger partial charge in [0.2, 0.25) is 0 Å². The van der Waals surface area contributed by atoms with Gasteiger partial charge in [0, 0.05) is 32.7 Å². The van der Waals surface area contributed by atoms with Crippen LogP contribution in [0.4, 0.5) is 0 Å². The van der Waals surface area contributed by atoms with Crippen molar-refractivity contribution < 1.29 is 32.7 Å². The molecule has 0 aromatic rings. The summed E-state index contributed by atoms with van der Waals surface area (Å²) >= 11 is 0. The molecule has 9 heavy (non-hydrogen) atoms. The fraction of sp³-hybridized carbons (Fsp3) is 0.750. The second-order valence-electron chi connectivity index (χ2n) is 2.60. The molecule has 0 aromatic heterocycles. The predicted octanol–water partition coefficient (Wildman–Crippen LogP) is 2.70. The van der Waals surface area contributed by atoms with Crippen LogP contribution in [0.25, 0.3) is 0 Å². The Morgan fingerprint density at radius 3 is 2.00 bits per heavy atom. The van der Waals surface area contributed by atoms with Crippen LogP contribution in [0.3, 0.4) is 0 Å². The SMILES string of the molecule is [CH2-]C(C)C(C)C[CH-]C.[Y]. The topological polar surface area (TPSA) is 0 Å². The van der Waals surface area contributed by atoms with Crippen molar-refractivity contribution >= 4 is 0 Å². The van der Waals surface area contributed by atoms with Crippen molar-refractivity contribution in [2.45, 2.75) is 27.2 Å². The van der Waals surface area contributed by atoms with Gasteiger partial charge in [0.15, 0.2) is 0 Å². The minimum Gasteiger partial charge on any atom is -0.340 e. The molecule has 0 aliphatic rings. The van der Waals surface area contributed by atoms with E-state index >= 15 is 0 Å². The monoisotopic (exact) mass is 201 g/mol. The zero-order valence-corrected chi connectivity index (χ0v) is 9.56. The molecule has 0 bridgehead atoms. The Morgan fingerprint density at radius 1 is 1.44 bits per heavy atom. The summed E-state index contributed by atoms with van der Waals surface area (Å²) in [6.07, 6.45) is 3.40. The van der Waals surface area contributed by atoms with Crippen molar-refractivity contribution in [2.75, 3.05) is 0 Å². The van der Waals surface area contributed by atoms with Crippen LogP contribution < -0.4 is 0 Å². The second kappa shape index (κ2) is 7.21. The van der Waals surface area contributed by atoms with Crippen molar-refractivity contribution in [1.29, 1.82) is 0 Å². The average molecular weight is 201 g/mol. The minimum absolute atomic E-state index is 0. The molecular weight excluding hydrogens is 185 g/mol. The molecule has 0 N–H and O–H groups in total. The summed E-state index contributed by atoms with van der Waals surface area (Å²) < 4.78 is 0. The third-order valence-electron chi connectivity index (χ3n) is 1.58. The summed E-state index contributed by atoms with van der Waals surface area (Å²) in [5.74, 6) is 1.34. The van der Waals surface area contributed by atoms with E-state index in [1.54, 1.807) is 0 Å². The van der Waals surface area contributed by atoms with Crippen LogP contribution in [0.1, 0.15) is 27.2 Å². The molecule has 1 radical (unpaired) electrons. The summed E-state index contributed by atoms with van der Waals surface area (Å²) in [6.45, 7) is 10.4. The van der Waals surface area contributed by atoms with Crippen LogP contribution >= 0.6 is 0 Å². The number of hydrogen-bond donors (Lipinski definition) is 0. The summed E-state index contributed by atoms with van der Waals surface area (Å²) in [7, 11) is 0. The van der Waals surface area contributed by atoms with Crippen molar-refractivity contribution in [3.63, 3.8) is 0 Å². The summed E-state index contributed by atoms with van der Waals surface area (Å²) in [6, 6.07) is 0. The molecule has 0 aliphatic heterocycles. The Labute approximate surface area is 84.7 Å². The first-order valence-electron chi connectivity index (χ1n) is 3.29. The van der Waals surface area contributed by atoms with Crippen molar-refractivity contribution in [2.24, 2.45) is 11.8 Å². The van der Waals surface area contributed by atoms with Gasteiger partial charge >= 0.3 is 0 Å². The Hall–Kier alpha value is 1.10. The van der Waals surface area contributed by atoms with Crippen molar-refractivity contribution in [1.82, 2.24) is 0 Å².